The Morgan fingerprint density at radius 3 is 2.74 bits per heavy atom. The van der Waals surface area contributed by atoms with E-state index in [1.54, 1.807) is 6.07 Å². The van der Waals surface area contributed by atoms with Gasteiger partial charge in [0.2, 0.25) is 5.88 Å². The van der Waals surface area contributed by atoms with Gasteiger partial charge >= 0.3 is 12.6 Å². The maximum atomic E-state index is 13.1. The highest BCUT2D eigenvalue weighted by Crippen LogP contribution is 2.63. The van der Waals surface area contributed by atoms with E-state index >= 15 is 0 Å². The standard InChI is InChI=1S/C14H15F4N3O2/c15-12(16)23-11-3-7(1-2-19-11)6-20-13(22)21-8-4-9-10(5-8)14(9,17)18/h1-3,8-10,12H,4-6H2,(H2,20,21,22). The molecule has 0 spiro atoms. The van der Waals surface area contributed by atoms with E-state index in [-0.39, 0.29) is 31.3 Å². The number of fused-ring (bicyclic) bond motifs is 1. The fourth-order valence-corrected chi connectivity index (χ4v) is 3.07. The van der Waals surface area contributed by atoms with Gasteiger partial charge in [-0.1, -0.05) is 0 Å². The summed E-state index contributed by atoms with van der Waals surface area (Å²) in [5, 5.41) is 5.19. The van der Waals surface area contributed by atoms with Crippen LogP contribution in [0.3, 0.4) is 0 Å². The summed E-state index contributed by atoms with van der Waals surface area (Å²) in [6, 6.07) is 2.11. The molecule has 0 aromatic carbocycles. The van der Waals surface area contributed by atoms with Gasteiger partial charge in [-0.25, -0.2) is 18.6 Å². The van der Waals surface area contributed by atoms with Gasteiger partial charge in [-0.2, -0.15) is 8.78 Å². The molecular formula is C14H15F4N3O2. The predicted molar refractivity (Wildman–Crippen MR) is 71.2 cm³/mol. The highest BCUT2D eigenvalue weighted by Gasteiger charge is 2.71. The number of aromatic nitrogens is 1. The number of alkyl halides is 4. The minimum absolute atomic E-state index is 0.0870. The number of carbonyl (C=O) groups is 1. The third kappa shape index (κ3) is 3.48. The molecule has 23 heavy (non-hydrogen) atoms. The third-order valence-corrected chi connectivity index (χ3v) is 4.24. The quantitative estimate of drug-likeness (QED) is 0.814. The third-order valence-electron chi connectivity index (χ3n) is 4.24. The summed E-state index contributed by atoms with van der Waals surface area (Å²) in [7, 11) is 0. The van der Waals surface area contributed by atoms with Crippen LogP contribution in [-0.2, 0) is 6.54 Å². The maximum absolute atomic E-state index is 13.1. The second-order valence-corrected chi connectivity index (χ2v) is 5.76. The molecule has 1 aromatic rings. The molecular weight excluding hydrogens is 318 g/mol. The van der Waals surface area contributed by atoms with Crippen LogP contribution >= 0.6 is 0 Å². The normalized spacial score (nSPS) is 27.4. The van der Waals surface area contributed by atoms with E-state index in [9.17, 15) is 22.4 Å². The molecule has 0 saturated heterocycles. The largest absolute Gasteiger partial charge is 0.417 e. The number of hydrogen-bond donors (Lipinski definition) is 2. The van der Waals surface area contributed by atoms with Crippen molar-refractivity contribution in [3.63, 3.8) is 0 Å². The number of rotatable bonds is 5. The molecule has 2 aliphatic rings. The molecule has 0 radical (unpaired) electrons. The van der Waals surface area contributed by atoms with Gasteiger partial charge in [0.05, 0.1) is 0 Å². The van der Waals surface area contributed by atoms with Gasteiger partial charge in [0, 0.05) is 36.7 Å². The summed E-state index contributed by atoms with van der Waals surface area (Å²) in [5.74, 6) is -4.02. The zero-order chi connectivity index (χ0) is 16.6. The minimum Gasteiger partial charge on any atom is -0.417 e. The highest BCUT2D eigenvalue weighted by molar-refractivity contribution is 5.74. The molecule has 2 aliphatic carbocycles. The van der Waals surface area contributed by atoms with Crippen molar-refractivity contribution in [2.45, 2.75) is 38.0 Å². The number of carbonyl (C=O) groups excluding carboxylic acids is 1. The minimum atomic E-state index is -2.97. The SMILES string of the molecule is O=C(NCc1ccnc(OC(F)F)c1)NC1CC2C(C1)C2(F)F. The van der Waals surface area contributed by atoms with Crippen molar-refractivity contribution in [3.05, 3.63) is 23.9 Å². The number of ether oxygens (including phenoxy) is 1. The Morgan fingerprint density at radius 2 is 2.09 bits per heavy atom. The molecule has 1 aromatic heterocycles. The highest BCUT2D eigenvalue weighted by atomic mass is 19.3. The molecule has 2 amide bonds. The van der Waals surface area contributed by atoms with Gasteiger partial charge in [0.15, 0.2) is 0 Å². The Labute approximate surface area is 129 Å². The summed E-state index contributed by atoms with van der Waals surface area (Å²) >= 11 is 0. The van der Waals surface area contributed by atoms with E-state index in [4.69, 9.17) is 0 Å². The smallest absolute Gasteiger partial charge is 0.388 e. The summed E-state index contributed by atoms with van der Waals surface area (Å²) in [5.41, 5.74) is 0.534. The van der Waals surface area contributed by atoms with Crippen LogP contribution in [0.1, 0.15) is 18.4 Å². The van der Waals surface area contributed by atoms with E-state index < -0.39 is 30.4 Å². The number of nitrogens with one attached hydrogen (secondary N) is 2. The summed E-state index contributed by atoms with van der Waals surface area (Å²) < 4.78 is 54.4. The number of pyridine rings is 1. The Bertz CT molecular complexity index is 585. The summed E-state index contributed by atoms with van der Waals surface area (Å²) in [6.45, 7) is -2.88. The van der Waals surface area contributed by atoms with E-state index in [2.05, 4.69) is 20.4 Å². The number of hydrogen-bond acceptors (Lipinski definition) is 3. The van der Waals surface area contributed by atoms with Gasteiger partial charge in [-0.3, -0.25) is 0 Å². The molecule has 2 N–H and O–H groups in total. The number of halogens is 4. The van der Waals surface area contributed by atoms with Crippen LogP contribution in [-0.4, -0.2) is 29.6 Å². The van der Waals surface area contributed by atoms with Crippen molar-refractivity contribution < 1.29 is 27.1 Å². The Balaban J connectivity index is 1.43. The first-order valence-electron chi connectivity index (χ1n) is 7.18. The van der Waals surface area contributed by atoms with Gasteiger partial charge < -0.3 is 15.4 Å². The average molecular weight is 333 g/mol. The fourth-order valence-electron chi connectivity index (χ4n) is 3.07. The van der Waals surface area contributed by atoms with Crippen molar-refractivity contribution >= 4 is 6.03 Å². The molecule has 0 aliphatic heterocycles. The maximum Gasteiger partial charge on any atom is 0.388 e. The van der Waals surface area contributed by atoms with Crippen LogP contribution in [0.4, 0.5) is 22.4 Å². The van der Waals surface area contributed by atoms with Crippen LogP contribution in [0.15, 0.2) is 18.3 Å². The molecule has 2 saturated carbocycles. The van der Waals surface area contributed by atoms with E-state index in [1.165, 1.54) is 12.3 Å². The Kier molecular flexibility index (Phi) is 4.03. The summed E-state index contributed by atoms with van der Waals surface area (Å²) in [4.78, 5) is 15.4. The number of nitrogens with zero attached hydrogens (tertiary/aromatic N) is 1. The molecule has 2 unspecified atom stereocenters. The van der Waals surface area contributed by atoms with Crippen LogP contribution < -0.4 is 15.4 Å². The molecule has 2 atom stereocenters. The monoisotopic (exact) mass is 333 g/mol. The topological polar surface area (TPSA) is 63.2 Å². The van der Waals surface area contributed by atoms with Crippen molar-refractivity contribution in [1.82, 2.24) is 15.6 Å². The zero-order valence-electron chi connectivity index (χ0n) is 11.9. The molecule has 126 valence electrons. The lowest BCUT2D eigenvalue weighted by atomic mass is 10.1. The van der Waals surface area contributed by atoms with Crippen LogP contribution in [0.2, 0.25) is 0 Å². The van der Waals surface area contributed by atoms with Crippen molar-refractivity contribution in [2.75, 3.05) is 0 Å². The first kappa shape index (κ1) is 15.8. The predicted octanol–water partition coefficient (Wildman–Crippen LogP) is 2.53. The van der Waals surface area contributed by atoms with Gasteiger partial charge in [0.1, 0.15) is 0 Å². The molecule has 5 nitrogen and oxygen atoms in total. The summed E-state index contributed by atoms with van der Waals surface area (Å²) in [6.07, 6.45) is 1.86. The van der Waals surface area contributed by atoms with Crippen molar-refractivity contribution in [1.29, 1.82) is 0 Å². The van der Waals surface area contributed by atoms with Crippen molar-refractivity contribution in [2.24, 2.45) is 11.8 Å². The lowest BCUT2D eigenvalue weighted by molar-refractivity contribution is -0.0529. The van der Waals surface area contributed by atoms with Gasteiger partial charge in [0.25, 0.3) is 5.92 Å². The first-order valence-corrected chi connectivity index (χ1v) is 7.18. The van der Waals surface area contributed by atoms with Gasteiger partial charge in [-0.05, 0) is 24.5 Å². The molecule has 3 rings (SSSR count). The van der Waals surface area contributed by atoms with Crippen LogP contribution in [0.25, 0.3) is 0 Å². The first-order chi connectivity index (χ1) is 10.9. The van der Waals surface area contributed by atoms with Gasteiger partial charge in [-0.15, -0.1) is 0 Å². The van der Waals surface area contributed by atoms with E-state index in [0.29, 0.717) is 5.56 Å². The zero-order valence-corrected chi connectivity index (χ0v) is 11.9. The second kappa shape index (κ2) is 5.86. The lowest BCUT2D eigenvalue weighted by Gasteiger charge is -2.16. The lowest BCUT2D eigenvalue weighted by Crippen LogP contribution is -2.41. The van der Waals surface area contributed by atoms with Crippen LogP contribution in [0, 0.1) is 11.8 Å². The molecule has 2 fully saturated rings. The second-order valence-electron chi connectivity index (χ2n) is 5.76. The van der Waals surface area contributed by atoms with E-state index in [1.807, 2.05) is 0 Å². The molecule has 0 bridgehead atoms. The Morgan fingerprint density at radius 1 is 1.39 bits per heavy atom. The number of urea groups is 1. The number of amides is 2. The Hall–Kier alpha value is -2.06. The molecule has 9 heteroatoms. The van der Waals surface area contributed by atoms with Crippen molar-refractivity contribution in [3.8, 4) is 5.88 Å². The van der Waals surface area contributed by atoms with Crippen LogP contribution in [0.5, 0.6) is 5.88 Å². The fraction of sp³-hybridized carbons (Fsp3) is 0.571. The average Bonchev–Trinajstić information content (AvgIpc) is 2.84. The molecule has 1 heterocycles. The van der Waals surface area contributed by atoms with E-state index in [0.717, 1.165) is 0 Å².